The maximum Gasteiger partial charge on any atom is 0.256 e. The normalized spacial score (nSPS) is 32.7. The van der Waals surface area contributed by atoms with E-state index in [1.54, 1.807) is 0 Å². The molecule has 2 aromatic heterocycles. The Balaban J connectivity index is 2.11. The van der Waals surface area contributed by atoms with Gasteiger partial charge >= 0.3 is 0 Å². The van der Waals surface area contributed by atoms with Gasteiger partial charge in [0.25, 0.3) is 5.56 Å². The molecule has 4 N–H and O–H groups in total. The molecule has 19 heavy (non-hydrogen) atoms. The second-order valence-corrected chi connectivity index (χ2v) is 4.80. The summed E-state index contributed by atoms with van der Waals surface area (Å²) in [5.74, 6) is 0. The molecule has 4 rings (SSSR count). The molecule has 2 bridgehead atoms. The second kappa shape index (κ2) is 3.32. The van der Waals surface area contributed by atoms with Crippen LogP contribution >= 0.6 is 0 Å². The molecule has 4 heterocycles. The highest BCUT2D eigenvalue weighted by Crippen LogP contribution is 2.34. The van der Waals surface area contributed by atoms with Gasteiger partial charge in [-0.1, -0.05) is 5.21 Å². The molecule has 1 saturated heterocycles. The Bertz CT molecular complexity index is 737. The fraction of sp³-hybridized carbons (Fsp3) is 0.500. The summed E-state index contributed by atoms with van der Waals surface area (Å²) in [6, 6.07) is 1.21. The molecule has 100 valence electrons. The van der Waals surface area contributed by atoms with Crippen LogP contribution in [0.15, 0.2) is 10.9 Å². The first-order valence-electron chi connectivity index (χ1n) is 5.84. The third-order valence-electron chi connectivity index (χ3n) is 3.67. The fourth-order valence-corrected chi connectivity index (χ4v) is 2.74. The Hall–Kier alpha value is -1.97. The Morgan fingerprint density at radius 1 is 1.42 bits per heavy atom. The van der Waals surface area contributed by atoms with Crippen LogP contribution in [0.25, 0.3) is 11.2 Å². The van der Waals surface area contributed by atoms with Gasteiger partial charge in [0.05, 0.1) is 12.2 Å². The summed E-state index contributed by atoms with van der Waals surface area (Å²) in [6.45, 7) is 0.202. The third-order valence-corrected chi connectivity index (χ3v) is 3.67. The van der Waals surface area contributed by atoms with Crippen LogP contribution in [0.2, 0.25) is 0 Å². The Morgan fingerprint density at radius 2 is 2.21 bits per heavy atom. The molecule has 0 amide bonds. The average molecular weight is 265 g/mol. The fourth-order valence-electron chi connectivity index (χ4n) is 2.74. The lowest BCUT2D eigenvalue weighted by Crippen LogP contribution is -2.38. The molecule has 2 aromatic rings. The number of ether oxygens (including phenoxy) is 1. The van der Waals surface area contributed by atoms with Crippen molar-refractivity contribution in [1.82, 2.24) is 19.6 Å². The number of hydrogen-bond donors (Lipinski definition) is 3. The molecule has 0 saturated carbocycles. The lowest BCUT2D eigenvalue weighted by Gasteiger charge is -2.19. The Labute approximate surface area is 105 Å². The van der Waals surface area contributed by atoms with E-state index in [0.29, 0.717) is 11.2 Å². The van der Waals surface area contributed by atoms with Crippen LogP contribution in [0.1, 0.15) is 6.23 Å². The number of aliphatic hydroxyl groups is 2. The number of pyridine rings is 1. The van der Waals surface area contributed by atoms with Gasteiger partial charge in [0, 0.05) is 6.07 Å². The molecule has 1 fully saturated rings. The van der Waals surface area contributed by atoms with Crippen LogP contribution in [-0.4, -0.2) is 48.1 Å². The highest BCUT2D eigenvalue weighted by atomic mass is 16.6. The predicted octanol–water partition coefficient (Wildman–Crippen LogP) is -2.19. The number of hydrogen-bond acceptors (Lipinski definition) is 7. The van der Waals surface area contributed by atoms with Crippen LogP contribution in [-0.2, 0) is 11.3 Å². The van der Waals surface area contributed by atoms with Gasteiger partial charge < -0.3 is 20.7 Å². The highest BCUT2D eigenvalue weighted by Gasteiger charge is 2.47. The number of aliphatic hydroxyl groups excluding tert-OH is 2. The topological polar surface area (TPSA) is 128 Å². The molecular formula is C10H11N5O4. The maximum absolute atomic E-state index is 12.1. The first-order valence-corrected chi connectivity index (χ1v) is 5.84. The molecule has 0 unspecified atom stereocenters. The summed E-state index contributed by atoms with van der Waals surface area (Å²) < 4.78 is 8.24. The largest absolute Gasteiger partial charge is 0.397 e. The quantitative estimate of drug-likeness (QED) is 0.493. The molecule has 9 nitrogen and oxygen atoms in total. The van der Waals surface area contributed by atoms with Crippen LogP contribution in [0.3, 0.4) is 0 Å². The van der Waals surface area contributed by atoms with Crippen molar-refractivity contribution in [2.24, 2.45) is 0 Å². The summed E-state index contributed by atoms with van der Waals surface area (Å²) >= 11 is 0. The molecule has 2 aliphatic heterocycles. The van der Waals surface area contributed by atoms with E-state index in [4.69, 9.17) is 10.5 Å². The highest BCUT2D eigenvalue weighted by molar-refractivity contribution is 5.83. The van der Waals surface area contributed by atoms with Gasteiger partial charge in [-0.3, -0.25) is 9.36 Å². The van der Waals surface area contributed by atoms with Crippen molar-refractivity contribution < 1.29 is 14.9 Å². The van der Waals surface area contributed by atoms with Crippen LogP contribution < -0.4 is 11.3 Å². The van der Waals surface area contributed by atoms with Gasteiger partial charge in [0.15, 0.2) is 17.4 Å². The number of nitrogen functional groups attached to an aromatic ring is 1. The smallest absolute Gasteiger partial charge is 0.256 e. The zero-order valence-electron chi connectivity index (χ0n) is 9.67. The molecule has 0 radical (unpaired) electrons. The maximum atomic E-state index is 12.1. The van der Waals surface area contributed by atoms with E-state index in [1.807, 2.05) is 0 Å². The number of nitrogens with two attached hydrogens (primary N) is 1. The minimum atomic E-state index is -1.17. The summed E-state index contributed by atoms with van der Waals surface area (Å²) in [6.07, 6.45) is -3.82. The zero-order chi connectivity index (χ0) is 13.3. The minimum absolute atomic E-state index is 0.202. The van der Waals surface area contributed by atoms with Crippen molar-refractivity contribution in [2.75, 3.05) is 5.73 Å². The van der Waals surface area contributed by atoms with Crippen LogP contribution in [0.4, 0.5) is 5.69 Å². The van der Waals surface area contributed by atoms with Crippen molar-refractivity contribution in [2.45, 2.75) is 31.1 Å². The van der Waals surface area contributed by atoms with Crippen molar-refractivity contribution >= 4 is 16.9 Å². The van der Waals surface area contributed by atoms with E-state index in [1.165, 1.54) is 15.3 Å². The predicted molar refractivity (Wildman–Crippen MR) is 62.1 cm³/mol. The summed E-state index contributed by atoms with van der Waals surface area (Å²) in [5.41, 5.74) is 6.35. The van der Waals surface area contributed by atoms with Crippen molar-refractivity contribution in [3.63, 3.8) is 0 Å². The first-order chi connectivity index (χ1) is 9.08. The van der Waals surface area contributed by atoms with Crippen molar-refractivity contribution in [1.29, 1.82) is 0 Å². The summed E-state index contributed by atoms with van der Waals surface area (Å²) in [4.78, 5) is 12.1. The summed E-state index contributed by atoms with van der Waals surface area (Å²) in [5, 5.41) is 27.7. The SMILES string of the molecule is Nc1cc(=O)n2c3c1nnn3C[C@H]1O[C@@H]2[C@H](O)[C@@H]1O. The summed E-state index contributed by atoms with van der Waals surface area (Å²) in [7, 11) is 0. The standard InChI is InChI=1S/C10H11N5O4/c11-3-1-5(16)15-9-6(3)12-13-14(9)2-4-7(17)8(18)10(15)19-4/h1,4,7-8,10,17-18H,2,11H2/t4-,7-,8-,10-/m1/s1. The van der Waals surface area contributed by atoms with E-state index >= 15 is 0 Å². The van der Waals surface area contributed by atoms with E-state index in [2.05, 4.69) is 10.3 Å². The van der Waals surface area contributed by atoms with E-state index in [-0.39, 0.29) is 12.2 Å². The molecule has 9 heteroatoms. The van der Waals surface area contributed by atoms with Crippen molar-refractivity contribution in [3.8, 4) is 0 Å². The lowest BCUT2D eigenvalue weighted by atomic mass is 10.1. The second-order valence-electron chi connectivity index (χ2n) is 4.80. The van der Waals surface area contributed by atoms with Gasteiger partial charge in [0.1, 0.15) is 18.3 Å². The van der Waals surface area contributed by atoms with Gasteiger partial charge in [-0.25, -0.2) is 4.68 Å². The number of nitrogens with zero attached hydrogens (tertiary/aromatic N) is 4. The molecule has 0 aromatic carbocycles. The number of aromatic nitrogens is 4. The van der Waals surface area contributed by atoms with Crippen molar-refractivity contribution in [3.05, 3.63) is 16.4 Å². The zero-order valence-corrected chi connectivity index (χ0v) is 9.67. The monoisotopic (exact) mass is 265 g/mol. The molecule has 0 spiro atoms. The van der Waals surface area contributed by atoms with E-state index < -0.39 is 30.1 Å². The van der Waals surface area contributed by atoms with E-state index in [9.17, 15) is 15.0 Å². The molecule has 2 aliphatic rings. The minimum Gasteiger partial charge on any atom is -0.397 e. The van der Waals surface area contributed by atoms with Gasteiger partial charge in [-0.15, -0.1) is 5.10 Å². The van der Waals surface area contributed by atoms with Gasteiger partial charge in [0.2, 0.25) is 0 Å². The molecule has 0 aliphatic carbocycles. The number of rotatable bonds is 0. The lowest BCUT2D eigenvalue weighted by molar-refractivity contribution is -0.0351. The first kappa shape index (κ1) is 10.9. The van der Waals surface area contributed by atoms with Gasteiger partial charge in [-0.05, 0) is 0 Å². The Kier molecular flexibility index (Phi) is 1.91. The average Bonchev–Trinajstić information content (AvgIpc) is 2.82. The number of anilines is 1. The third kappa shape index (κ3) is 1.21. The molecular weight excluding hydrogens is 254 g/mol. The van der Waals surface area contributed by atoms with Crippen LogP contribution in [0, 0.1) is 0 Å². The van der Waals surface area contributed by atoms with Gasteiger partial charge in [-0.2, -0.15) is 0 Å². The molecule has 4 atom stereocenters. The van der Waals surface area contributed by atoms with Crippen LogP contribution in [0.5, 0.6) is 0 Å². The number of fused-ring (bicyclic) bond motifs is 3. The van der Waals surface area contributed by atoms with E-state index in [0.717, 1.165) is 0 Å². The Morgan fingerprint density at radius 3 is 3.00 bits per heavy atom.